The number of hydrogen-bond donors (Lipinski definition) is 1. The Kier molecular flexibility index (Phi) is 6.52. The molecule has 6 nitrogen and oxygen atoms in total. The minimum atomic E-state index is 0.228. The van der Waals surface area contributed by atoms with E-state index in [1.165, 1.54) is 0 Å². The molecule has 0 radical (unpaired) electrons. The van der Waals surface area contributed by atoms with Crippen molar-refractivity contribution in [3.8, 4) is 17.2 Å². The Morgan fingerprint density at radius 3 is 2.39 bits per heavy atom. The van der Waals surface area contributed by atoms with Crippen molar-refractivity contribution in [2.24, 2.45) is 0 Å². The van der Waals surface area contributed by atoms with Crippen LogP contribution in [0.1, 0.15) is 18.4 Å². The van der Waals surface area contributed by atoms with E-state index in [1.54, 1.807) is 21.3 Å². The molecule has 23 heavy (non-hydrogen) atoms. The number of nitrogens with zero attached hydrogens (tertiary/aromatic N) is 1. The molecular weight excluding hydrogens is 296 g/mol. The predicted octanol–water partition coefficient (Wildman–Crippen LogP) is 1.47. The summed E-state index contributed by atoms with van der Waals surface area (Å²) in [6.07, 6.45) is 2.10. The van der Waals surface area contributed by atoms with Crippen molar-refractivity contribution in [2.75, 3.05) is 47.5 Å². The van der Waals surface area contributed by atoms with Gasteiger partial charge in [-0.1, -0.05) is 6.07 Å². The maximum atomic E-state index is 12.2. The number of hydrogen-bond acceptors (Lipinski definition) is 5. The number of methoxy groups -OCH3 is 3. The highest BCUT2D eigenvalue weighted by atomic mass is 16.5. The molecule has 0 bridgehead atoms. The lowest BCUT2D eigenvalue weighted by Gasteiger charge is -2.27. The summed E-state index contributed by atoms with van der Waals surface area (Å²) in [7, 11) is 4.81. The third-order valence-electron chi connectivity index (χ3n) is 4.09. The molecule has 0 aliphatic carbocycles. The first-order chi connectivity index (χ1) is 11.2. The van der Waals surface area contributed by atoms with Gasteiger partial charge in [-0.05, 0) is 24.5 Å². The summed E-state index contributed by atoms with van der Waals surface area (Å²) in [6.45, 7) is 3.38. The highest BCUT2D eigenvalue weighted by Gasteiger charge is 2.18. The normalized spacial score (nSPS) is 14.5. The summed E-state index contributed by atoms with van der Waals surface area (Å²) in [5, 5.41) is 3.25. The number of nitrogens with one attached hydrogen (secondary N) is 1. The zero-order valence-corrected chi connectivity index (χ0v) is 14.2. The summed E-state index contributed by atoms with van der Waals surface area (Å²) < 4.78 is 16.1. The maximum absolute atomic E-state index is 12.2. The van der Waals surface area contributed by atoms with Crippen LogP contribution in [0.4, 0.5) is 0 Å². The molecule has 1 saturated heterocycles. The molecule has 1 aliphatic heterocycles. The first-order valence-electron chi connectivity index (χ1n) is 7.97. The van der Waals surface area contributed by atoms with E-state index >= 15 is 0 Å². The molecule has 1 aromatic carbocycles. The Labute approximate surface area is 137 Å². The van der Waals surface area contributed by atoms with Crippen LogP contribution >= 0.6 is 0 Å². The van der Waals surface area contributed by atoms with Gasteiger partial charge in [-0.25, -0.2) is 0 Å². The molecule has 6 heteroatoms. The van der Waals surface area contributed by atoms with Crippen LogP contribution in [0.2, 0.25) is 0 Å². The second kappa shape index (κ2) is 8.62. The van der Waals surface area contributed by atoms with E-state index < -0.39 is 0 Å². The van der Waals surface area contributed by atoms with E-state index in [-0.39, 0.29) is 5.91 Å². The van der Waals surface area contributed by atoms with Gasteiger partial charge in [0.05, 0.1) is 21.3 Å². The number of amides is 1. The highest BCUT2D eigenvalue weighted by molar-refractivity contribution is 5.76. The van der Waals surface area contributed by atoms with Crippen molar-refractivity contribution < 1.29 is 19.0 Å². The smallest absolute Gasteiger partial charge is 0.222 e. The standard InChI is InChI=1S/C17H26N2O4/c1-21-14-8-7-13(16(22-2)17(14)23-3)5-4-6-15(20)19-11-9-18-10-12-19/h7-8,18H,4-6,9-12H2,1-3H3. The van der Waals surface area contributed by atoms with Gasteiger partial charge in [-0.3, -0.25) is 4.79 Å². The summed E-state index contributed by atoms with van der Waals surface area (Å²) in [6, 6.07) is 3.84. The summed E-state index contributed by atoms with van der Waals surface area (Å²) in [5.41, 5.74) is 1.03. The zero-order chi connectivity index (χ0) is 16.7. The van der Waals surface area contributed by atoms with Crippen LogP contribution in [0, 0.1) is 0 Å². The molecular formula is C17H26N2O4. The second-order valence-corrected chi connectivity index (χ2v) is 5.48. The Balaban J connectivity index is 1.96. The SMILES string of the molecule is COc1ccc(CCCC(=O)N2CCNCC2)c(OC)c1OC. The Bertz CT molecular complexity index is 528. The first-order valence-corrected chi connectivity index (χ1v) is 7.97. The maximum Gasteiger partial charge on any atom is 0.222 e. The summed E-state index contributed by atoms with van der Waals surface area (Å²) >= 11 is 0. The van der Waals surface area contributed by atoms with Crippen LogP contribution < -0.4 is 19.5 Å². The molecule has 1 fully saturated rings. The van der Waals surface area contributed by atoms with Crippen LogP contribution in [0.15, 0.2) is 12.1 Å². The Morgan fingerprint density at radius 1 is 1.09 bits per heavy atom. The van der Waals surface area contributed by atoms with Gasteiger partial charge in [0.25, 0.3) is 0 Å². The van der Waals surface area contributed by atoms with Crippen LogP contribution in [-0.2, 0) is 11.2 Å². The van der Waals surface area contributed by atoms with Gasteiger partial charge in [-0.2, -0.15) is 0 Å². The molecule has 1 amide bonds. The van der Waals surface area contributed by atoms with Crippen molar-refractivity contribution in [2.45, 2.75) is 19.3 Å². The zero-order valence-electron chi connectivity index (χ0n) is 14.2. The third-order valence-corrected chi connectivity index (χ3v) is 4.09. The number of piperazine rings is 1. The van der Waals surface area contributed by atoms with Crippen molar-refractivity contribution in [3.63, 3.8) is 0 Å². The van der Waals surface area contributed by atoms with Crippen LogP contribution in [0.5, 0.6) is 17.2 Å². The molecule has 0 saturated carbocycles. The van der Waals surface area contributed by atoms with Crippen molar-refractivity contribution >= 4 is 5.91 Å². The predicted molar refractivity (Wildman–Crippen MR) is 88.5 cm³/mol. The van der Waals surface area contributed by atoms with E-state index in [0.717, 1.165) is 44.6 Å². The number of rotatable bonds is 7. The monoisotopic (exact) mass is 322 g/mol. The molecule has 0 aromatic heterocycles. The molecule has 0 spiro atoms. The number of carbonyl (C=O) groups is 1. The topological polar surface area (TPSA) is 60.0 Å². The van der Waals surface area contributed by atoms with Crippen molar-refractivity contribution in [1.82, 2.24) is 10.2 Å². The van der Waals surface area contributed by atoms with Gasteiger partial charge in [0.15, 0.2) is 11.5 Å². The van der Waals surface area contributed by atoms with Gasteiger partial charge < -0.3 is 24.4 Å². The van der Waals surface area contributed by atoms with Crippen molar-refractivity contribution in [3.05, 3.63) is 17.7 Å². The van der Waals surface area contributed by atoms with Crippen molar-refractivity contribution in [1.29, 1.82) is 0 Å². The number of ether oxygens (including phenoxy) is 3. The molecule has 128 valence electrons. The minimum Gasteiger partial charge on any atom is -0.493 e. The van der Waals surface area contributed by atoms with E-state index in [9.17, 15) is 4.79 Å². The van der Waals surface area contributed by atoms with E-state index in [2.05, 4.69) is 5.32 Å². The fourth-order valence-corrected chi connectivity index (χ4v) is 2.86. The molecule has 1 aromatic rings. The second-order valence-electron chi connectivity index (χ2n) is 5.48. The van der Waals surface area contributed by atoms with Gasteiger partial charge in [-0.15, -0.1) is 0 Å². The largest absolute Gasteiger partial charge is 0.493 e. The Morgan fingerprint density at radius 2 is 1.78 bits per heavy atom. The third kappa shape index (κ3) is 4.28. The average Bonchev–Trinajstić information content (AvgIpc) is 2.61. The molecule has 0 unspecified atom stereocenters. The number of carbonyl (C=O) groups excluding carboxylic acids is 1. The lowest BCUT2D eigenvalue weighted by molar-refractivity contribution is -0.131. The number of aryl methyl sites for hydroxylation is 1. The number of benzene rings is 1. The fraction of sp³-hybridized carbons (Fsp3) is 0.588. The van der Waals surface area contributed by atoms with E-state index in [0.29, 0.717) is 23.7 Å². The molecule has 2 rings (SSSR count). The minimum absolute atomic E-state index is 0.228. The van der Waals surface area contributed by atoms with Crippen LogP contribution in [0.25, 0.3) is 0 Å². The average molecular weight is 322 g/mol. The lowest BCUT2D eigenvalue weighted by Crippen LogP contribution is -2.46. The van der Waals surface area contributed by atoms with E-state index in [4.69, 9.17) is 14.2 Å². The molecule has 1 aliphatic rings. The van der Waals surface area contributed by atoms with Crippen LogP contribution in [-0.4, -0.2) is 58.3 Å². The molecule has 1 N–H and O–H groups in total. The Hall–Kier alpha value is -1.95. The van der Waals surface area contributed by atoms with Gasteiger partial charge >= 0.3 is 0 Å². The summed E-state index contributed by atoms with van der Waals surface area (Å²) in [4.78, 5) is 14.1. The lowest BCUT2D eigenvalue weighted by atomic mass is 10.1. The first kappa shape index (κ1) is 17.4. The quantitative estimate of drug-likeness (QED) is 0.824. The molecule has 0 atom stereocenters. The highest BCUT2D eigenvalue weighted by Crippen LogP contribution is 2.40. The van der Waals surface area contributed by atoms with Gasteiger partial charge in [0.1, 0.15) is 0 Å². The van der Waals surface area contributed by atoms with E-state index in [1.807, 2.05) is 17.0 Å². The van der Waals surface area contributed by atoms with Crippen LogP contribution in [0.3, 0.4) is 0 Å². The molecule has 1 heterocycles. The van der Waals surface area contributed by atoms with Gasteiger partial charge in [0, 0.05) is 32.6 Å². The fourth-order valence-electron chi connectivity index (χ4n) is 2.86. The van der Waals surface area contributed by atoms with Gasteiger partial charge in [0.2, 0.25) is 11.7 Å². The summed E-state index contributed by atoms with van der Waals surface area (Å²) in [5.74, 6) is 2.15.